The molecule has 2 rings (SSSR count). The molecule has 0 saturated carbocycles. The van der Waals surface area contributed by atoms with E-state index in [9.17, 15) is 9.59 Å². The first-order valence-corrected chi connectivity index (χ1v) is 6.58. The molecular formula is C11H13ClN2O2S. The quantitative estimate of drug-likeness (QED) is 0.890. The average Bonchev–Trinajstić information content (AvgIpc) is 2.64. The van der Waals surface area contributed by atoms with Gasteiger partial charge in [-0.3, -0.25) is 9.59 Å². The van der Waals surface area contributed by atoms with E-state index >= 15 is 0 Å². The highest BCUT2D eigenvalue weighted by molar-refractivity contribution is 7.16. The molecule has 1 aromatic rings. The van der Waals surface area contributed by atoms with E-state index in [1.54, 1.807) is 11.8 Å². The lowest BCUT2D eigenvalue weighted by Gasteiger charge is -2.21. The molecule has 0 radical (unpaired) electrons. The molecule has 2 heterocycles. The Bertz CT molecular complexity index is 446. The Morgan fingerprint density at radius 3 is 2.94 bits per heavy atom. The van der Waals surface area contributed by atoms with Crippen molar-refractivity contribution in [1.29, 1.82) is 0 Å². The fraction of sp³-hybridized carbons (Fsp3) is 0.455. The van der Waals surface area contributed by atoms with Crippen LogP contribution in [0.15, 0.2) is 12.1 Å². The van der Waals surface area contributed by atoms with Crippen molar-refractivity contribution in [3.63, 3.8) is 0 Å². The van der Waals surface area contributed by atoms with Gasteiger partial charge in [-0.15, -0.1) is 11.3 Å². The van der Waals surface area contributed by atoms with E-state index in [-0.39, 0.29) is 11.8 Å². The van der Waals surface area contributed by atoms with E-state index in [1.165, 1.54) is 11.3 Å². The summed E-state index contributed by atoms with van der Waals surface area (Å²) in [4.78, 5) is 26.0. The summed E-state index contributed by atoms with van der Waals surface area (Å²) < 4.78 is 0.713. The van der Waals surface area contributed by atoms with E-state index in [0.29, 0.717) is 23.8 Å². The number of hydrogen-bond donors (Lipinski definition) is 1. The fourth-order valence-corrected chi connectivity index (χ4v) is 2.88. The van der Waals surface area contributed by atoms with Gasteiger partial charge in [-0.2, -0.15) is 0 Å². The fourth-order valence-electron chi connectivity index (χ4n) is 1.78. The Hall–Kier alpha value is -1.07. The van der Waals surface area contributed by atoms with Gasteiger partial charge in [-0.1, -0.05) is 11.6 Å². The first-order valence-electron chi connectivity index (χ1n) is 5.38. The Morgan fingerprint density at radius 1 is 1.53 bits per heavy atom. The first-order chi connectivity index (χ1) is 8.06. The van der Waals surface area contributed by atoms with E-state index in [2.05, 4.69) is 5.32 Å². The molecule has 1 atom stereocenters. The van der Waals surface area contributed by atoms with Crippen molar-refractivity contribution in [3.8, 4) is 0 Å². The van der Waals surface area contributed by atoms with Crippen molar-refractivity contribution in [1.82, 2.24) is 10.2 Å². The molecule has 1 saturated heterocycles. The molecule has 0 spiro atoms. The number of carbonyl (C=O) groups is 2. The molecule has 6 heteroatoms. The van der Waals surface area contributed by atoms with Gasteiger partial charge in [-0.25, -0.2) is 0 Å². The van der Waals surface area contributed by atoms with Crippen molar-refractivity contribution in [2.24, 2.45) is 0 Å². The molecule has 1 unspecified atom stereocenters. The predicted molar refractivity (Wildman–Crippen MR) is 67.0 cm³/mol. The molecule has 0 aliphatic carbocycles. The van der Waals surface area contributed by atoms with Gasteiger partial charge in [0.15, 0.2) is 0 Å². The first kappa shape index (κ1) is 12.4. The third kappa shape index (κ3) is 2.98. The summed E-state index contributed by atoms with van der Waals surface area (Å²) in [6, 6.07) is 3.28. The summed E-state index contributed by atoms with van der Waals surface area (Å²) in [7, 11) is 0. The SMILES string of the molecule is CC1NC(=O)CCN(Cc2ccc(Cl)s2)C1=O. The molecule has 1 aromatic heterocycles. The minimum atomic E-state index is -0.444. The molecule has 92 valence electrons. The zero-order chi connectivity index (χ0) is 12.4. The number of amides is 2. The third-order valence-corrected chi connectivity index (χ3v) is 3.86. The number of thiophene rings is 1. The number of halogens is 1. The normalized spacial score (nSPS) is 21.3. The molecule has 4 nitrogen and oxygen atoms in total. The molecule has 1 aliphatic rings. The highest BCUT2D eigenvalue weighted by Crippen LogP contribution is 2.23. The summed E-state index contributed by atoms with van der Waals surface area (Å²) in [5.74, 6) is -0.113. The molecular weight excluding hydrogens is 260 g/mol. The highest BCUT2D eigenvalue weighted by atomic mass is 35.5. The van der Waals surface area contributed by atoms with Crippen LogP contribution in [-0.2, 0) is 16.1 Å². The van der Waals surface area contributed by atoms with Crippen molar-refractivity contribution in [2.75, 3.05) is 6.54 Å². The van der Waals surface area contributed by atoms with E-state index < -0.39 is 6.04 Å². The number of rotatable bonds is 2. The smallest absolute Gasteiger partial charge is 0.245 e. The van der Waals surface area contributed by atoms with Crippen LogP contribution in [-0.4, -0.2) is 29.3 Å². The lowest BCUT2D eigenvalue weighted by atomic mass is 10.3. The molecule has 1 N–H and O–H groups in total. The Morgan fingerprint density at radius 2 is 2.29 bits per heavy atom. The molecule has 0 bridgehead atoms. The zero-order valence-electron chi connectivity index (χ0n) is 9.40. The van der Waals surface area contributed by atoms with Crippen LogP contribution in [0.4, 0.5) is 0 Å². The van der Waals surface area contributed by atoms with Gasteiger partial charge in [-0.05, 0) is 19.1 Å². The van der Waals surface area contributed by atoms with Gasteiger partial charge in [0.1, 0.15) is 6.04 Å². The Balaban J connectivity index is 2.08. The van der Waals surface area contributed by atoms with Crippen LogP contribution in [0.1, 0.15) is 18.2 Å². The van der Waals surface area contributed by atoms with Gasteiger partial charge in [0.05, 0.1) is 10.9 Å². The van der Waals surface area contributed by atoms with Gasteiger partial charge in [0, 0.05) is 17.8 Å². The van der Waals surface area contributed by atoms with Crippen LogP contribution in [0, 0.1) is 0 Å². The van der Waals surface area contributed by atoms with E-state index in [1.807, 2.05) is 12.1 Å². The molecule has 17 heavy (non-hydrogen) atoms. The lowest BCUT2D eigenvalue weighted by Crippen LogP contribution is -2.42. The van der Waals surface area contributed by atoms with Crippen molar-refractivity contribution in [3.05, 3.63) is 21.3 Å². The Kier molecular flexibility index (Phi) is 3.69. The number of nitrogens with one attached hydrogen (secondary N) is 1. The van der Waals surface area contributed by atoms with Crippen LogP contribution >= 0.6 is 22.9 Å². The second kappa shape index (κ2) is 5.06. The van der Waals surface area contributed by atoms with Crippen molar-refractivity contribution < 1.29 is 9.59 Å². The second-order valence-electron chi connectivity index (χ2n) is 4.00. The van der Waals surface area contributed by atoms with Crippen LogP contribution in [0.25, 0.3) is 0 Å². The average molecular weight is 273 g/mol. The minimum Gasteiger partial charge on any atom is -0.345 e. The maximum atomic E-state index is 12.0. The topological polar surface area (TPSA) is 49.4 Å². The summed E-state index contributed by atoms with van der Waals surface area (Å²) in [6.45, 7) is 2.69. The highest BCUT2D eigenvalue weighted by Gasteiger charge is 2.26. The Labute approximate surface area is 109 Å². The summed E-state index contributed by atoms with van der Waals surface area (Å²) in [5, 5.41) is 2.66. The van der Waals surface area contributed by atoms with Gasteiger partial charge in [0.2, 0.25) is 11.8 Å². The largest absolute Gasteiger partial charge is 0.345 e. The number of carbonyl (C=O) groups excluding carboxylic acids is 2. The van der Waals surface area contributed by atoms with Crippen LogP contribution in [0.5, 0.6) is 0 Å². The minimum absolute atomic E-state index is 0.0413. The number of hydrogen-bond acceptors (Lipinski definition) is 3. The summed E-state index contributed by atoms with van der Waals surface area (Å²) in [6.07, 6.45) is 0.356. The zero-order valence-corrected chi connectivity index (χ0v) is 11.0. The van der Waals surface area contributed by atoms with E-state index in [4.69, 9.17) is 11.6 Å². The molecule has 1 aliphatic heterocycles. The maximum Gasteiger partial charge on any atom is 0.245 e. The van der Waals surface area contributed by atoms with Gasteiger partial charge >= 0.3 is 0 Å². The second-order valence-corrected chi connectivity index (χ2v) is 5.80. The van der Waals surface area contributed by atoms with E-state index in [0.717, 1.165) is 4.88 Å². The molecule has 0 aromatic carbocycles. The van der Waals surface area contributed by atoms with Crippen molar-refractivity contribution >= 4 is 34.8 Å². The monoisotopic (exact) mass is 272 g/mol. The summed E-state index contributed by atoms with van der Waals surface area (Å²) >= 11 is 7.31. The number of nitrogens with zero attached hydrogens (tertiary/aromatic N) is 1. The van der Waals surface area contributed by atoms with Crippen LogP contribution in [0.3, 0.4) is 0 Å². The molecule has 1 fully saturated rings. The standard InChI is InChI=1S/C11H13ClN2O2S/c1-7-11(16)14(5-4-10(15)13-7)6-8-2-3-9(12)17-8/h2-3,7H,4-6H2,1H3,(H,13,15). The third-order valence-electron chi connectivity index (χ3n) is 2.64. The maximum absolute atomic E-state index is 12.0. The summed E-state index contributed by atoms with van der Waals surface area (Å²) in [5.41, 5.74) is 0. The van der Waals surface area contributed by atoms with Gasteiger partial charge in [0.25, 0.3) is 0 Å². The van der Waals surface area contributed by atoms with Crippen LogP contribution in [0.2, 0.25) is 4.34 Å². The van der Waals surface area contributed by atoms with Crippen LogP contribution < -0.4 is 5.32 Å². The predicted octanol–water partition coefficient (Wildman–Crippen LogP) is 1.64. The van der Waals surface area contributed by atoms with Gasteiger partial charge < -0.3 is 10.2 Å². The lowest BCUT2D eigenvalue weighted by molar-refractivity contribution is -0.133. The van der Waals surface area contributed by atoms with Crippen molar-refractivity contribution in [2.45, 2.75) is 25.9 Å². The molecule has 2 amide bonds.